The van der Waals surface area contributed by atoms with Crippen molar-refractivity contribution in [3.63, 3.8) is 0 Å². The van der Waals surface area contributed by atoms with Crippen LogP contribution >= 0.6 is 0 Å². The number of hydrogen-bond acceptors (Lipinski definition) is 6. The normalized spacial score (nSPS) is 20.0. The molecule has 0 saturated carbocycles. The summed E-state index contributed by atoms with van der Waals surface area (Å²) in [5.41, 5.74) is 3.29. The van der Waals surface area contributed by atoms with E-state index in [2.05, 4.69) is 22.8 Å². The Morgan fingerprint density at radius 1 is 1.09 bits per heavy atom. The van der Waals surface area contributed by atoms with E-state index in [1.54, 1.807) is 0 Å². The Morgan fingerprint density at radius 2 is 1.74 bits per heavy atom. The fourth-order valence-electron chi connectivity index (χ4n) is 4.64. The highest BCUT2D eigenvalue weighted by atomic mass is 16.5. The fraction of sp³-hybridized carbons (Fsp3) is 0.400. The lowest BCUT2D eigenvalue weighted by atomic mass is 9.81. The zero-order chi connectivity index (χ0) is 24.1. The summed E-state index contributed by atoms with van der Waals surface area (Å²) >= 11 is 0. The van der Waals surface area contributed by atoms with Crippen molar-refractivity contribution in [2.45, 2.75) is 24.8 Å². The summed E-state index contributed by atoms with van der Waals surface area (Å²) in [6.45, 7) is -0.172. The Hall–Kier alpha value is -3.43. The van der Waals surface area contributed by atoms with Crippen LogP contribution in [0.25, 0.3) is 11.1 Å². The molecule has 1 fully saturated rings. The van der Waals surface area contributed by atoms with Gasteiger partial charge in [-0.3, -0.25) is 4.79 Å². The number of aliphatic carboxylic acids is 1. The number of rotatable bonds is 8. The monoisotopic (exact) mass is 468 g/mol. The van der Waals surface area contributed by atoms with Crippen molar-refractivity contribution in [3.8, 4) is 11.1 Å². The van der Waals surface area contributed by atoms with Gasteiger partial charge in [0.15, 0.2) is 0 Å². The van der Waals surface area contributed by atoms with Crippen LogP contribution in [0.4, 0.5) is 4.79 Å². The van der Waals surface area contributed by atoms with Gasteiger partial charge in [0.1, 0.15) is 12.6 Å². The molecule has 1 unspecified atom stereocenters. The van der Waals surface area contributed by atoms with E-state index < -0.39 is 36.0 Å². The average molecular weight is 469 g/mol. The van der Waals surface area contributed by atoms with Crippen molar-refractivity contribution in [2.24, 2.45) is 5.41 Å². The third-order valence-electron chi connectivity index (χ3n) is 6.50. The van der Waals surface area contributed by atoms with E-state index >= 15 is 0 Å². The molecule has 1 saturated heterocycles. The largest absolute Gasteiger partial charge is 0.480 e. The van der Waals surface area contributed by atoms with E-state index in [4.69, 9.17) is 14.6 Å². The van der Waals surface area contributed by atoms with Gasteiger partial charge in [-0.2, -0.15) is 0 Å². The van der Waals surface area contributed by atoms with Gasteiger partial charge < -0.3 is 30.3 Å². The van der Waals surface area contributed by atoms with Gasteiger partial charge in [0.05, 0.1) is 18.6 Å². The van der Waals surface area contributed by atoms with Gasteiger partial charge in [-0.1, -0.05) is 48.5 Å². The minimum atomic E-state index is -1.43. The van der Waals surface area contributed by atoms with Gasteiger partial charge in [0.25, 0.3) is 0 Å². The zero-order valence-corrected chi connectivity index (χ0v) is 18.7. The quantitative estimate of drug-likeness (QED) is 0.465. The zero-order valence-electron chi connectivity index (χ0n) is 18.7. The number of ether oxygens (including phenoxy) is 2. The van der Waals surface area contributed by atoms with Crippen LogP contribution in [-0.2, 0) is 19.1 Å². The summed E-state index contributed by atoms with van der Waals surface area (Å²) < 4.78 is 11.0. The van der Waals surface area contributed by atoms with Crippen LogP contribution in [-0.4, -0.2) is 67.2 Å². The highest BCUT2D eigenvalue weighted by Crippen LogP contribution is 2.44. The first-order valence-electron chi connectivity index (χ1n) is 11.3. The second-order valence-corrected chi connectivity index (χ2v) is 8.66. The third-order valence-corrected chi connectivity index (χ3v) is 6.50. The number of carbonyl (C=O) groups excluding carboxylic acids is 2. The van der Waals surface area contributed by atoms with Gasteiger partial charge >= 0.3 is 12.1 Å². The van der Waals surface area contributed by atoms with Gasteiger partial charge in [-0.05, 0) is 35.1 Å². The third kappa shape index (κ3) is 4.76. The maximum atomic E-state index is 12.9. The molecule has 4 N–H and O–H groups in total. The number of nitrogens with one attached hydrogen (secondary N) is 2. The predicted octanol–water partition coefficient (Wildman–Crippen LogP) is 1.88. The number of amides is 2. The average Bonchev–Trinajstić information content (AvgIpc) is 3.18. The Labute approximate surface area is 197 Å². The maximum absolute atomic E-state index is 12.9. The highest BCUT2D eigenvalue weighted by molar-refractivity contribution is 5.88. The van der Waals surface area contributed by atoms with Crippen LogP contribution in [0.15, 0.2) is 48.5 Å². The predicted molar refractivity (Wildman–Crippen MR) is 122 cm³/mol. The first kappa shape index (κ1) is 23.7. The smallest absolute Gasteiger partial charge is 0.407 e. The molecule has 2 aromatic rings. The number of fused-ring (bicyclic) bond motifs is 3. The van der Waals surface area contributed by atoms with Crippen molar-refractivity contribution in [3.05, 3.63) is 59.7 Å². The first-order chi connectivity index (χ1) is 16.4. The number of carboxylic acids is 1. The van der Waals surface area contributed by atoms with Crippen LogP contribution < -0.4 is 10.6 Å². The number of carbonyl (C=O) groups is 3. The summed E-state index contributed by atoms with van der Waals surface area (Å²) in [6, 6.07) is 14.6. The van der Waals surface area contributed by atoms with Gasteiger partial charge in [0.2, 0.25) is 5.91 Å². The van der Waals surface area contributed by atoms with E-state index in [-0.39, 0.29) is 25.7 Å². The van der Waals surface area contributed by atoms with Crippen LogP contribution in [0.1, 0.15) is 29.9 Å². The van der Waals surface area contributed by atoms with Crippen LogP contribution in [0, 0.1) is 5.41 Å². The van der Waals surface area contributed by atoms with E-state index in [0.717, 1.165) is 22.3 Å². The van der Waals surface area contributed by atoms with E-state index in [9.17, 15) is 19.5 Å². The summed E-state index contributed by atoms with van der Waals surface area (Å²) in [4.78, 5) is 36.7. The number of aliphatic hydroxyl groups is 1. The molecule has 0 aromatic heterocycles. The topological polar surface area (TPSA) is 134 Å². The molecule has 2 aromatic carbocycles. The highest BCUT2D eigenvalue weighted by Gasteiger charge is 2.42. The summed E-state index contributed by atoms with van der Waals surface area (Å²) in [5.74, 6) is -2.02. The Balaban J connectivity index is 1.39. The number of alkyl carbamates (subject to hydrolysis) is 1. The van der Waals surface area contributed by atoms with Gasteiger partial charge in [0, 0.05) is 19.1 Å². The summed E-state index contributed by atoms with van der Waals surface area (Å²) in [6.07, 6.45) is 0.313. The van der Waals surface area contributed by atoms with Crippen molar-refractivity contribution < 1.29 is 34.1 Å². The number of hydrogen-bond donors (Lipinski definition) is 4. The molecular weight excluding hydrogens is 440 g/mol. The number of carboxylic acid groups (broad SMARTS) is 1. The Kier molecular flexibility index (Phi) is 7.14. The van der Waals surface area contributed by atoms with E-state index in [1.165, 1.54) is 0 Å². The van der Waals surface area contributed by atoms with Crippen LogP contribution in [0.3, 0.4) is 0 Å². The molecule has 1 aliphatic heterocycles. The molecule has 9 heteroatoms. The molecule has 1 heterocycles. The number of aliphatic hydroxyl groups excluding tert-OH is 1. The van der Waals surface area contributed by atoms with Crippen LogP contribution in [0.5, 0.6) is 0 Å². The van der Waals surface area contributed by atoms with E-state index in [0.29, 0.717) is 19.4 Å². The molecule has 9 nitrogen and oxygen atoms in total. The molecule has 2 atom stereocenters. The Bertz CT molecular complexity index is 1020. The lowest BCUT2D eigenvalue weighted by Gasteiger charge is -2.36. The molecule has 0 bridgehead atoms. The molecule has 180 valence electrons. The minimum Gasteiger partial charge on any atom is -0.480 e. The van der Waals surface area contributed by atoms with Crippen molar-refractivity contribution in [1.29, 1.82) is 0 Å². The first-order valence-corrected chi connectivity index (χ1v) is 11.3. The van der Waals surface area contributed by atoms with Gasteiger partial charge in [-0.25, -0.2) is 9.59 Å². The minimum absolute atomic E-state index is 0.0280. The van der Waals surface area contributed by atoms with Crippen molar-refractivity contribution >= 4 is 18.0 Å². The molecule has 0 spiro atoms. The van der Waals surface area contributed by atoms with Crippen LogP contribution in [0.2, 0.25) is 0 Å². The van der Waals surface area contributed by atoms with Crippen molar-refractivity contribution in [2.75, 3.05) is 33.0 Å². The standard InChI is InChI=1S/C25H28N2O7/c28-12-21(22(29)30)27-23(31)25(10-5-11-33-15-25)14-26-24(32)34-13-20-18-8-3-1-6-16(18)17-7-2-4-9-19(17)20/h1-4,6-9,20-21,28H,5,10-15H2,(H,26,32)(H,27,31)(H,29,30)/t21-,25?/m0/s1. The molecule has 1 aliphatic carbocycles. The number of benzene rings is 2. The molecule has 34 heavy (non-hydrogen) atoms. The maximum Gasteiger partial charge on any atom is 0.407 e. The van der Waals surface area contributed by atoms with E-state index in [1.807, 2.05) is 36.4 Å². The van der Waals surface area contributed by atoms with Gasteiger partial charge in [-0.15, -0.1) is 0 Å². The Morgan fingerprint density at radius 3 is 2.29 bits per heavy atom. The second kappa shape index (κ2) is 10.2. The lowest BCUT2D eigenvalue weighted by molar-refractivity contribution is -0.148. The summed E-state index contributed by atoms with van der Waals surface area (Å²) in [5, 5.41) is 23.4. The molecule has 2 amide bonds. The molecule has 2 aliphatic rings. The second-order valence-electron chi connectivity index (χ2n) is 8.66. The molecule has 0 radical (unpaired) electrons. The SMILES string of the molecule is O=C(NCC1(C(=O)N[C@@H](CO)C(=O)O)CCCOC1)OCC1c2ccccc2-c2ccccc21. The summed E-state index contributed by atoms with van der Waals surface area (Å²) in [7, 11) is 0. The molecule has 4 rings (SSSR count). The fourth-order valence-corrected chi connectivity index (χ4v) is 4.64. The molecular formula is C25H28N2O7. The lowest BCUT2D eigenvalue weighted by Crippen LogP contribution is -2.56. The van der Waals surface area contributed by atoms with Crippen molar-refractivity contribution in [1.82, 2.24) is 10.6 Å².